The number of hydrogen-bond acceptors (Lipinski definition) is 0. The van der Waals surface area contributed by atoms with E-state index in [4.69, 9.17) is 0 Å². The summed E-state index contributed by atoms with van der Waals surface area (Å²) in [5.74, 6) is 0. The first-order valence-corrected chi connectivity index (χ1v) is 0. The topological polar surface area (TPSA) is 57.0 Å². The van der Waals surface area contributed by atoms with Gasteiger partial charge < -0.3 is 11.0 Å². The normalized spacial score (nSPS) is 0. The smallest absolute Gasteiger partial charge is 2.00 e. The Morgan fingerprint density at radius 1 is 0.833 bits per heavy atom. The number of rotatable bonds is 0. The Morgan fingerprint density at radius 2 is 0.833 bits per heavy atom. The summed E-state index contributed by atoms with van der Waals surface area (Å²) in [4.78, 5) is 0. The molecular formula is MoO2PTiV. The Labute approximate surface area is 81.5 Å². The van der Waals surface area contributed by atoms with Gasteiger partial charge in [-0.05, 0) is 0 Å². The predicted octanol–water partition coefficient (Wildman–Crippen LogP) is 0.616. The maximum Gasteiger partial charge on any atom is 4.00 e. The zero-order valence-corrected chi connectivity index (χ0v) is 8.48. The summed E-state index contributed by atoms with van der Waals surface area (Å²) in [6.45, 7) is 0. The maximum absolute atomic E-state index is 0. The molecule has 32 valence electrons. The van der Waals surface area contributed by atoms with Crippen molar-refractivity contribution in [2.75, 3.05) is 0 Å². The van der Waals surface area contributed by atoms with Gasteiger partial charge in [0.05, 0.1) is 0 Å². The van der Waals surface area contributed by atoms with Crippen molar-refractivity contribution in [1.29, 1.82) is 0 Å². The quantitative estimate of drug-likeness (QED) is 0.451. The fourth-order valence-electron chi connectivity index (χ4n) is 0. The molecule has 0 aromatic carbocycles. The summed E-state index contributed by atoms with van der Waals surface area (Å²) in [7, 11) is 0. The molecule has 0 saturated carbocycles. The van der Waals surface area contributed by atoms with Crippen molar-refractivity contribution in [2.24, 2.45) is 0 Å². The maximum atomic E-state index is 0. The summed E-state index contributed by atoms with van der Waals surface area (Å²) in [6.07, 6.45) is 0. The summed E-state index contributed by atoms with van der Waals surface area (Å²) in [5, 5.41) is 0. The van der Waals surface area contributed by atoms with Crippen molar-refractivity contribution >= 4 is 9.90 Å². The second-order valence-corrected chi connectivity index (χ2v) is 0. The standard InChI is InChI=1S/Mo.2O.P.Ti.V/q;2*-2;;+4;. The zero-order valence-electron chi connectivity index (χ0n) is 2.62. The van der Waals surface area contributed by atoms with Crippen LogP contribution < -0.4 is 0 Å². The Hall–Kier alpha value is 2.34. The van der Waals surface area contributed by atoms with E-state index in [1.807, 2.05) is 0 Å². The second kappa shape index (κ2) is 53.9. The van der Waals surface area contributed by atoms with Gasteiger partial charge in [0.2, 0.25) is 0 Å². The molecule has 0 fully saturated rings. The van der Waals surface area contributed by atoms with E-state index in [2.05, 4.69) is 0 Å². The molecule has 0 rings (SSSR count). The van der Waals surface area contributed by atoms with Crippen LogP contribution >= 0.6 is 9.90 Å². The van der Waals surface area contributed by atoms with Crippen LogP contribution in [0.1, 0.15) is 0 Å². The Bertz CT molecular complexity index is 13.5. The Kier molecular flexibility index (Phi) is 739. The summed E-state index contributed by atoms with van der Waals surface area (Å²) in [5.41, 5.74) is 0. The van der Waals surface area contributed by atoms with Crippen LogP contribution in [0, 0.1) is 0 Å². The Morgan fingerprint density at radius 3 is 0.833 bits per heavy atom. The molecule has 0 aromatic heterocycles. The van der Waals surface area contributed by atoms with Crippen molar-refractivity contribution in [3.05, 3.63) is 0 Å². The van der Waals surface area contributed by atoms with E-state index in [0.717, 1.165) is 0 Å². The minimum atomic E-state index is 0. The molecule has 0 aromatic rings. The van der Waals surface area contributed by atoms with Gasteiger partial charge in [-0.2, -0.15) is 0 Å². The third kappa shape index (κ3) is 33.0. The molecule has 0 aliphatic heterocycles. The van der Waals surface area contributed by atoms with Crippen LogP contribution in [0.25, 0.3) is 0 Å². The van der Waals surface area contributed by atoms with E-state index in [1.165, 1.54) is 0 Å². The molecule has 0 heterocycles. The monoisotopic (exact) mass is 260 g/mol. The SMILES string of the molecule is [Mo].[O-2].[O-2].[P].[Ti+4].[V]. The van der Waals surface area contributed by atoms with Crippen LogP contribution in [-0.2, 0) is 72.3 Å². The molecular weight excluding hydrogens is 258 g/mol. The average Bonchev–Trinajstić information content (AvgIpc) is 0. The molecule has 0 spiro atoms. The predicted molar refractivity (Wildman–Crippen MR) is 8.29 cm³/mol. The van der Waals surface area contributed by atoms with Gasteiger partial charge >= 0.3 is 21.7 Å². The molecule has 0 N–H and O–H groups in total. The third-order valence-electron chi connectivity index (χ3n) is 0. The molecule has 6 heteroatoms. The van der Waals surface area contributed by atoms with E-state index in [0.29, 0.717) is 0 Å². The van der Waals surface area contributed by atoms with Crippen molar-refractivity contribution in [1.82, 2.24) is 0 Å². The van der Waals surface area contributed by atoms with Gasteiger partial charge in [-0.15, -0.1) is 0 Å². The van der Waals surface area contributed by atoms with E-state index >= 15 is 0 Å². The first kappa shape index (κ1) is 82.2. The summed E-state index contributed by atoms with van der Waals surface area (Å²) >= 11 is 0. The minimum Gasteiger partial charge on any atom is -2.00 e. The molecule has 0 aliphatic carbocycles. The zero-order chi connectivity index (χ0) is 0. The fraction of sp³-hybridized carbons (Fsp3) is 0. The van der Waals surface area contributed by atoms with Crippen molar-refractivity contribution < 1.29 is 72.3 Å². The minimum absolute atomic E-state index is 0. The summed E-state index contributed by atoms with van der Waals surface area (Å²) < 4.78 is 0. The molecule has 0 aliphatic rings. The molecule has 0 bridgehead atoms. The second-order valence-electron chi connectivity index (χ2n) is 0. The van der Waals surface area contributed by atoms with Crippen LogP contribution in [0.2, 0.25) is 0 Å². The van der Waals surface area contributed by atoms with Gasteiger partial charge in [-0.1, -0.05) is 0 Å². The third-order valence-corrected chi connectivity index (χ3v) is 0. The molecule has 2 nitrogen and oxygen atoms in total. The van der Waals surface area contributed by atoms with Gasteiger partial charge in [-0.25, -0.2) is 0 Å². The molecule has 4 radical (unpaired) electrons. The van der Waals surface area contributed by atoms with Gasteiger partial charge in [0.25, 0.3) is 0 Å². The van der Waals surface area contributed by atoms with Crippen LogP contribution in [0.5, 0.6) is 0 Å². The molecule has 0 amide bonds. The molecule has 0 atom stereocenters. The van der Waals surface area contributed by atoms with Gasteiger partial charge in [0.1, 0.15) is 0 Å². The van der Waals surface area contributed by atoms with Gasteiger partial charge in [0, 0.05) is 49.5 Å². The van der Waals surface area contributed by atoms with E-state index in [1.54, 1.807) is 0 Å². The average molecular weight is 258 g/mol. The first-order valence-electron chi connectivity index (χ1n) is 0. The Balaban J connectivity index is 0. The molecule has 6 heavy (non-hydrogen) atoms. The summed E-state index contributed by atoms with van der Waals surface area (Å²) in [6, 6.07) is 0. The largest absolute Gasteiger partial charge is 4.00 e. The van der Waals surface area contributed by atoms with Gasteiger partial charge in [0.15, 0.2) is 0 Å². The molecule has 0 unspecified atom stereocenters. The van der Waals surface area contributed by atoms with E-state index in [9.17, 15) is 0 Å². The van der Waals surface area contributed by atoms with Gasteiger partial charge in [-0.3, -0.25) is 0 Å². The van der Waals surface area contributed by atoms with Crippen LogP contribution in [0.4, 0.5) is 0 Å². The van der Waals surface area contributed by atoms with Crippen molar-refractivity contribution in [3.8, 4) is 0 Å². The van der Waals surface area contributed by atoms with E-state index in [-0.39, 0.29) is 82.2 Å². The molecule has 0 saturated heterocycles. The first-order chi connectivity index (χ1) is 0. The van der Waals surface area contributed by atoms with E-state index < -0.39 is 0 Å². The van der Waals surface area contributed by atoms with Crippen LogP contribution in [0.3, 0.4) is 0 Å². The van der Waals surface area contributed by atoms with Crippen molar-refractivity contribution in [2.45, 2.75) is 0 Å². The fourth-order valence-corrected chi connectivity index (χ4v) is 0. The number of hydrogen-bond donors (Lipinski definition) is 0. The van der Waals surface area contributed by atoms with Crippen molar-refractivity contribution in [3.63, 3.8) is 0 Å². The van der Waals surface area contributed by atoms with Crippen LogP contribution in [-0.4, -0.2) is 0 Å². The van der Waals surface area contributed by atoms with Crippen LogP contribution in [0.15, 0.2) is 0 Å².